The van der Waals surface area contributed by atoms with E-state index in [0.717, 1.165) is 37.5 Å². The molecule has 0 amide bonds. The van der Waals surface area contributed by atoms with Crippen LogP contribution >= 0.6 is 0 Å². The maximum atomic E-state index is 12.4. The van der Waals surface area contributed by atoms with Crippen LogP contribution in [0.15, 0.2) is 9.05 Å². The molecule has 12 heteroatoms. The minimum atomic E-state index is -0.808. The normalized spacial score (nSPS) is 17.2. The Morgan fingerprint density at radius 3 is 1.54 bits per heavy atom. The van der Waals surface area contributed by atoms with Crippen LogP contribution in [0.3, 0.4) is 0 Å². The van der Waals surface area contributed by atoms with Crippen molar-refractivity contribution in [3.8, 4) is 0 Å². The first-order chi connectivity index (χ1) is 24.8. The number of hydrogen-bond acceptors (Lipinski definition) is 11. The zero-order chi connectivity index (χ0) is 37.9. The third kappa shape index (κ3) is 18.3. The van der Waals surface area contributed by atoms with Crippen molar-refractivity contribution in [1.82, 2.24) is 30.9 Å². The van der Waals surface area contributed by atoms with Crippen LogP contribution in [0.2, 0.25) is 0 Å². The van der Waals surface area contributed by atoms with Gasteiger partial charge in [0.15, 0.2) is 11.6 Å². The van der Waals surface area contributed by atoms with Gasteiger partial charge in [-0.15, -0.1) is 0 Å². The summed E-state index contributed by atoms with van der Waals surface area (Å²) in [6.07, 6.45) is 20.1. The van der Waals surface area contributed by atoms with Crippen molar-refractivity contribution < 1.29 is 28.5 Å². The number of carbonyl (C=O) groups is 2. The lowest BCUT2D eigenvalue weighted by molar-refractivity contribution is -0.155. The Kier molecular flexibility index (Phi) is 19.3. The molecule has 2 fully saturated rings. The van der Waals surface area contributed by atoms with Gasteiger partial charge in [0.05, 0.1) is 25.9 Å². The molecular formula is C40H70N6O6. The van der Waals surface area contributed by atoms with Gasteiger partial charge in [0, 0.05) is 23.9 Å². The van der Waals surface area contributed by atoms with Crippen LogP contribution in [0.4, 0.5) is 0 Å². The van der Waals surface area contributed by atoms with E-state index < -0.39 is 11.6 Å². The molecule has 52 heavy (non-hydrogen) atoms. The van der Waals surface area contributed by atoms with E-state index in [1.54, 1.807) is 0 Å². The van der Waals surface area contributed by atoms with E-state index >= 15 is 0 Å². The largest absolute Gasteiger partial charge is 0.481 e. The highest BCUT2D eigenvalue weighted by atomic mass is 16.6. The van der Waals surface area contributed by atoms with Crippen molar-refractivity contribution in [2.75, 3.05) is 0 Å². The van der Waals surface area contributed by atoms with Gasteiger partial charge in [0.2, 0.25) is 11.8 Å². The highest BCUT2D eigenvalue weighted by Crippen LogP contribution is 2.33. The zero-order valence-corrected chi connectivity index (χ0v) is 33.4. The van der Waals surface area contributed by atoms with Gasteiger partial charge in [0.25, 0.3) is 0 Å². The summed E-state index contributed by atoms with van der Waals surface area (Å²) in [5.74, 6) is 2.68. The van der Waals surface area contributed by atoms with Crippen LogP contribution in [0.1, 0.15) is 199 Å². The topological polar surface area (TPSA) is 166 Å². The molecule has 2 aliphatic rings. The lowest BCUT2D eigenvalue weighted by atomic mass is 9.84. The molecule has 0 aliphatic heterocycles. The second-order valence-corrected chi connectivity index (χ2v) is 16.8. The van der Waals surface area contributed by atoms with Crippen molar-refractivity contribution in [2.45, 2.75) is 207 Å². The number of nitrogens with zero attached hydrogens (tertiary/aromatic N) is 4. The molecule has 0 bridgehead atoms. The van der Waals surface area contributed by atoms with E-state index in [4.69, 9.17) is 13.8 Å². The maximum Gasteiger partial charge on any atom is 0.307 e. The van der Waals surface area contributed by atoms with Crippen LogP contribution in [0.25, 0.3) is 0 Å². The Balaban J connectivity index is 0.000000284. The van der Waals surface area contributed by atoms with Crippen LogP contribution in [0, 0.1) is 11.8 Å². The number of nitrogens with one attached hydrogen (secondary N) is 2. The molecule has 296 valence electrons. The minimum Gasteiger partial charge on any atom is -0.481 e. The van der Waals surface area contributed by atoms with E-state index in [9.17, 15) is 14.7 Å². The molecule has 0 unspecified atom stereocenters. The number of carboxylic acid groups (broad SMARTS) is 1. The standard InChI is InChI=1S/C22H39N3O3.C18H31N3O3/c1-16(2)23-15-19-24-21(28-25-19)18(14-20(26)27-22(3,4)5)13-9-12-17-10-7-6-8-11-17;1-13(2)19-12-16-20-18(24-21-16)15(11-17(22)23)10-6-9-14-7-4-3-5-8-14/h16-18,23H,6-15H2,1-5H3;13-15,19H,3-12H2,1-2H3,(H,22,23)/t18-;15-/m11/s1. The predicted octanol–water partition coefficient (Wildman–Crippen LogP) is 9.01. The SMILES string of the molecule is CC(C)NCc1noc([C@H](CCCC2CCCCC2)CC(=O)O)n1.CC(C)NCc1noc([C@H](CCCC2CCCCC2)CC(=O)OC(C)(C)C)n1. The number of esters is 1. The lowest BCUT2D eigenvalue weighted by Crippen LogP contribution is -2.25. The highest BCUT2D eigenvalue weighted by molar-refractivity contribution is 5.70. The minimum absolute atomic E-state index is 0.0594. The number of rotatable bonds is 20. The average molecular weight is 731 g/mol. The van der Waals surface area contributed by atoms with Crippen molar-refractivity contribution in [3.05, 3.63) is 23.4 Å². The van der Waals surface area contributed by atoms with Crippen molar-refractivity contribution in [1.29, 1.82) is 0 Å². The first-order valence-corrected chi connectivity index (χ1v) is 20.3. The first kappa shape index (κ1) is 43.5. The van der Waals surface area contributed by atoms with Gasteiger partial charge in [-0.05, 0) is 45.4 Å². The Labute approximate surface area is 312 Å². The third-order valence-electron chi connectivity index (χ3n) is 10.0. The molecule has 2 heterocycles. The molecule has 0 aromatic carbocycles. The smallest absolute Gasteiger partial charge is 0.307 e. The summed E-state index contributed by atoms with van der Waals surface area (Å²) in [5, 5.41) is 23.8. The van der Waals surface area contributed by atoms with Gasteiger partial charge in [-0.3, -0.25) is 9.59 Å². The number of aromatic nitrogens is 4. The van der Waals surface area contributed by atoms with E-state index in [0.29, 0.717) is 55.0 Å². The number of carbonyl (C=O) groups excluding carboxylic acids is 1. The molecule has 12 nitrogen and oxygen atoms in total. The molecule has 2 aliphatic carbocycles. The molecular weight excluding hydrogens is 660 g/mol. The number of ether oxygens (including phenoxy) is 1. The molecule has 2 aromatic rings. The summed E-state index contributed by atoms with van der Waals surface area (Å²) >= 11 is 0. The van der Waals surface area contributed by atoms with E-state index in [1.165, 1.54) is 77.0 Å². The first-order valence-electron chi connectivity index (χ1n) is 20.3. The fraction of sp³-hybridized carbons (Fsp3) is 0.850. The fourth-order valence-corrected chi connectivity index (χ4v) is 7.28. The number of hydrogen-bond donors (Lipinski definition) is 3. The predicted molar refractivity (Wildman–Crippen MR) is 202 cm³/mol. The molecule has 0 spiro atoms. The highest BCUT2D eigenvalue weighted by Gasteiger charge is 2.27. The molecule has 2 aromatic heterocycles. The Bertz CT molecular complexity index is 1280. The summed E-state index contributed by atoms with van der Waals surface area (Å²) in [7, 11) is 0. The average Bonchev–Trinajstić information content (AvgIpc) is 3.76. The monoisotopic (exact) mass is 731 g/mol. The maximum absolute atomic E-state index is 12.4. The van der Waals surface area contributed by atoms with Crippen molar-refractivity contribution in [2.24, 2.45) is 11.8 Å². The summed E-state index contributed by atoms with van der Waals surface area (Å²) in [6, 6.07) is 0.701. The Morgan fingerprint density at radius 1 is 0.731 bits per heavy atom. The van der Waals surface area contributed by atoms with Gasteiger partial charge < -0.3 is 29.5 Å². The molecule has 2 atom stereocenters. The lowest BCUT2D eigenvalue weighted by Gasteiger charge is -2.23. The summed E-state index contributed by atoms with van der Waals surface area (Å²) in [6.45, 7) is 15.1. The van der Waals surface area contributed by atoms with E-state index in [1.807, 2.05) is 20.8 Å². The van der Waals surface area contributed by atoms with Gasteiger partial charge in [-0.25, -0.2) is 0 Å². The van der Waals surface area contributed by atoms with Crippen molar-refractivity contribution in [3.63, 3.8) is 0 Å². The van der Waals surface area contributed by atoms with E-state index in [2.05, 4.69) is 58.6 Å². The molecule has 3 N–H and O–H groups in total. The Morgan fingerprint density at radius 2 is 1.15 bits per heavy atom. The van der Waals surface area contributed by atoms with Crippen LogP contribution in [-0.4, -0.2) is 55.0 Å². The van der Waals surface area contributed by atoms with E-state index in [-0.39, 0.29) is 24.2 Å². The third-order valence-corrected chi connectivity index (χ3v) is 10.0. The summed E-state index contributed by atoms with van der Waals surface area (Å²) in [4.78, 5) is 32.5. The molecule has 0 saturated heterocycles. The molecule has 2 saturated carbocycles. The summed E-state index contributed by atoms with van der Waals surface area (Å²) in [5.41, 5.74) is -0.481. The van der Waals surface area contributed by atoms with Gasteiger partial charge in [-0.2, -0.15) is 9.97 Å². The number of carboxylic acids is 1. The van der Waals surface area contributed by atoms with Gasteiger partial charge in [-0.1, -0.05) is 128 Å². The Hall–Kier alpha value is -2.86. The molecule has 0 radical (unpaired) electrons. The van der Waals surface area contributed by atoms with Crippen LogP contribution in [-0.2, 0) is 27.4 Å². The van der Waals surface area contributed by atoms with Crippen molar-refractivity contribution >= 4 is 11.9 Å². The van der Waals surface area contributed by atoms with Gasteiger partial charge >= 0.3 is 11.9 Å². The number of aliphatic carboxylic acids is 1. The second kappa shape index (κ2) is 23.0. The summed E-state index contributed by atoms with van der Waals surface area (Å²) < 4.78 is 16.4. The quantitative estimate of drug-likeness (QED) is 0.111. The van der Waals surface area contributed by atoms with Crippen LogP contribution < -0.4 is 10.6 Å². The van der Waals surface area contributed by atoms with Crippen LogP contribution in [0.5, 0.6) is 0 Å². The molecule has 4 rings (SSSR count). The second-order valence-electron chi connectivity index (χ2n) is 16.8. The fourth-order valence-electron chi connectivity index (χ4n) is 7.28. The van der Waals surface area contributed by atoms with Gasteiger partial charge in [0.1, 0.15) is 5.60 Å². The zero-order valence-electron chi connectivity index (χ0n) is 33.4.